The van der Waals surface area contributed by atoms with E-state index in [1.54, 1.807) is 6.07 Å². The van der Waals surface area contributed by atoms with Gasteiger partial charge in [-0.05, 0) is 98.1 Å². The van der Waals surface area contributed by atoms with Gasteiger partial charge in [0.05, 0.1) is 0 Å². The molecule has 0 saturated carbocycles. The molecule has 4 rings (SSSR count). The Morgan fingerprint density at radius 2 is 1.73 bits per heavy atom. The van der Waals surface area contributed by atoms with Gasteiger partial charge >= 0.3 is 0 Å². The number of aliphatic hydroxyl groups is 1. The maximum absolute atomic E-state index is 10.3. The molecule has 0 amide bonds. The number of phenolic OH excluding ortho intramolecular Hbond substituents is 1. The minimum absolute atomic E-state index is 0.152. The second-order valence-electron chi connectivity index (χ2n) is 9.14. The fourth-order valence-electron chi connectivity index (χ4n) is 4.98. The maximum atomic E-state index is 10.3. The van der Waals surface area contributed by atoms with Gasteiger partial charge in [-0.3, -0.25) is 0 Å². The fraction of sp³-hybridized carbons (Fsp3) is 0.333. The third-order valence-corrected chi connectivity index (χ3v) is 6.80. The summed E-state index contributed by atoms with van der Waals surface area (Å²) < 4.78 is 0. The van der Waals surface area contributed by atoms with Crippen molar-refractivity contribution in [3.63, 3.8) is 0 Å². The number of phenols is 1. The summed E-state index contributed by atoms with van der Waals surface area (Å²) in [6.45, 7) is 2.48. The first kappa shape index (κ1) is 23.3. The van der Waals surface area contributed by atoms with Gasteiger partial charge in [-0.15, -0.1) is 0 Å². The van der Waals surface area contributed by atoms with Crippen LogP contribution in [0.2, 0.25) is 0 Å². The van der Waals surface area contributed by atoms with E-state index >= 15 is 0 Å². The topological polar surface area (TPSA) is 43.7 Å². The number of nitrogens with zero attached hydrogens (tertiary/aromatic N) is 1. The summed E-state index contributed by atoms with van der Waals surface area (Å²) >= 11 is 0. The lowest BCUT2D eigenvalue weighted by Crippen LogP contribution is -2.30. The molecule has 1 aliphatic carbocycles. The van der Waals surface area contributed by atoms with Gasteiger partial charge in [0, 0.05) is 6.61 Å². The summed E-state index contributed by atoms with van der Waals surface area (Å²) in [6, 6.07) is 18.0. The zero-order chi connectivity index (χ0) is 23.0. The van der Waals surface area contributed by atoms with Crippen molar-refractivity contribution < 1.29 is 10.2 Å². The number of piperidine rings is 1. The van der Waals surface area contributed by atoms with Crippen LogP contribution < -0.4 is 0 Å². The molecule has 0 radical (unpaired) electrons. The normalized spacial score (nSPS) is 18.4. The lowest BCUT2D eigenvalue weighted by atomic mass is 9.86. The molecule has 0 unspecified atom stereocenters. The molecule has 0 atom stereocenters. The quantitative estimate of drug-likeness (QED) is 0.501. The van der Waals surface area contributed by atoms with Crippen molar-refractivity contribution in [3.8, 4) is 5.75 Å². The maximum Gasteiger partial charge on any atom is 0.116 e. The molecular weight excluding hydrogens is 406 g/mol. The number of hydrogen-bond donors (Lipinski definition) is 2. The van der Waals surface area contributed by atoms with E-state index in [1.807, 2.05) is 18.2 Å². The molecule has 0 bridgehead atoms. The summed E-state index contributed by atoms with van der Waals surface area (Å²) in [5, 5.41) is 19.9. The summed E-state index contributed by atoms with van der Waals surface area (Å²) in [7, 11) is 2.21. The second kappa shape index (κ2) is 11.3. The van der Waals surface area contributed by atoms with Gasteiger partial charge in [-0.25, -0.2) is 0 Å². The molecule has 2 aliphatic rings. The molecule has 1 fully saturated rings. The average molecular weight is 442 g/mol. The number of aromatic hydroxyl groups is 1. The van der Waals surface area contributed by atoms with Crippen LogP contribution in [0.4, 0.5) is 0 Å². The SMILES string of the molecule is CN1CCC(C2=CC=C(/C(=C(/CCCO)c3ccccc3)c3cccc(O)c3)C=CC2)CC1. The van der Waals surface area contributed by atoms with E-state index in [1.165, 1.54) is 24.0 Å². The molecule has 1 aliphatic heterocycles. The largest absolute Gasteiger partial charge is 0.508 e. The number of hydrogen-bond acceptors (Lipinski definition) is 3. The number of likely N-dealkylation sites (tertiary alicyclic amines) is 1. The minimum Gasteiger partial charge on any atom is -0.508 e. The van der Waals surface area contributed by atoms with Crippen LogP contribution in [-0.2, 0) is 0 Å². The fourth-order valence-corrected chi connectivity index (χ4v) is 4.98. The van der Waals surface area contributed by atoms with Crippen molar-refractivity contribution >= 4 is 11.1 Å². The first-order chi connectivity index (χ1) is 16.2. The highest BCUT2D eigenvalue weighted by Gasteiger charge is 2.21. The van der Waals surface area contributed by atoms with Crippen molar-refractivity contribution in [2.75, 3.05) is 26.7 Å². The van der Waals surface area contributed by atoms with Gasteiger partial charge in [0.15, 0.2) is 0 Å². The number of aliphatic hydroxyl groups excluding tert-OH is 1. The molecule has 33 heavy (non-hydrogen) atoms. The van der Waals surface area contributed by atoms with Crippen LogP contribution in [0.25, 0.3) is 11.1 Å². The Morgan fingerprint density at radius 3 is 2.45 bits per heavy atom. The molecule has 0 aromatic heterocycles. The average Bonchev–Trinajstić information content (AvgIpc) is 3.09. The van der Waals surface area contributed by atoms with Crippen LogP contribution in [-0.4, -0.2) is 41.9 Å². The molecule has 0 spiro atoms. The predicted octanol–water partition coefficient (Wildman–Crippen LogP) is 6.23. The highest BCUT2D eigenvalue weighted by Crippen LogP contribution is 2.38. The molecule has 1 saturated heterocycles. The monoisotopic (exact) mass is 441 g/mol. The van der Waals surface area contributed by atoms with Crippen LogP contribution in [0.5, 0.6) is 5.75 Å². The van der Waals surface area contributed by atoms with E-state index in [4.69, 9.17) is 0 Å². The Hall–Kier alpha value is -2.88. The summed E-state index contributed by atoms with van der Waals surface area (Å²) in [5.41, 5.74) is 7.15. The van der Waals surface area contributed by atoms with Crippen molar-refractivity contribution in [1.29, 1.82) is 0 Å². The number of rotatable bonds is 7. The lowest BCUT2D eigenvalue weighted by Gasteiger charge is -2.30. The molecule has 2 N–H and O–H groups in total. The van der Waals surface area contributed by atoms with Gasteiger partial charge in [0.1, 0.15) is 5.75 Å². The molecule has 3 nitrogen and oxygen atoms in total. The predicted molar refractivity (Wildman–Crippen MR) is 138 cm³/mol. The van der Waals surface area contributed by atoms with E-state index < -0.39 is 0 Å². The zero-order valence-electron chi connectivity index (χ0n) is 19.6. The third-order valence-electron chi connectivity index (χ3n) is 6.80. The summed E-state index contributed by atoms with van der Waals surface area (Å²) in [6.07, 6.45) is 14.0. The van der Waals surface area contributed by atoms with Gasteiger partial charge in [-0.1, -0.05) is 72.3 Å². The molecule has 3 heteroatoms. The summed E-state index contributed by atoms with van der Waals surface area (Å²) in [4.78, 5) is 2.42. The Bertz CT molecular complexity index is 1050. The van der Waals surface area contributed by atoms with Crippen LogP contribution >= 0.6 is 0 Å². The Labute approximate surface area is 198 Å². The van der Waals surface area contributed by atoms with Gasteiger partial charge in [0.2, 0.25) is 0 Å². The molecule has 2 aromatic rings. The first-order valence-corrected chi connectivity index (χ1v) is 12.1. The van der Waals surface area contributed by atoms with Crippen LogP contribution in [0.3, 0.4) is 0 Å². The zero-order valence-corrected chi connectivity index (χ0v) is 19.6. The highest BCUT2D eigenvalue weighted by atomic mass is 16.3. The van der Waals surface area contributed by atoms with Crippen LogP contribution in [0, 0.1) is 5.92 Å². The Morgan fingerprint density at radius 1 is 0.970 bits per heavy atom. The van der Waals surface area contributed by atoms with Crippen LogP contribution in [0.15, 0.2) is 90.0 Å². The minimum atomic E-state index is 0.152. The molecule has 172 valence electrons. The van der Waals surface area contributed by atoms with Gasteiger partial charge in [-0.2, -0.15) is 0 Å². The van der Waals surface area contributed by atoms with E-state index in [9.17, 15) is 10.2 Å². The number of benzene rings is 2. The smallest absolute Gasteiger partial charge is 0.116 e. The van der Waals surface area contributed by atoms with E-state index in [-0.39, 0.29) is 12.4 Å². The Balaban J connectivity index is 1.81. The second-order valence-corrected chi connectivity index (χ2v) is 9.14. The first-order valence-electron chi connectivity index (χ1n) is 12.1. The van der Waals surface area contributed by atoms with E-state index in [2.05, 4.69) is 66.6 Å². The molecule has 2 aromatic carbocycles. The van der Waals surface area contributed by atoms with Gasteiger partial charge < -0.3 is 15.1 Å². The highest BCUT2D eigenvalue weighted by molar-refractivity contribution is 6.00. The van der Waals surface area contributed by atoms with Gasteiger partial charge in [0.25, 0.3) is 0 Å². The third kappa shape index (κ3) is 5.93. The van der Waals surface area contributed by atoms with Crippen LogP contribution in [0.1, 0.15) is 43.2 Å². The molecule has 1 heterocycles. The van der Waals surface area contributed by atoms with Crippen molar-refractivity contribution in [1.82, 2.24) is 4.90 Å². The molecular formula is C30H35NO2. The standard InChI is InChI=1S/C30H35NO2/c1-31-19-17-24(18-20-31)23-10-5-11-26(16-15-23)30(27-12-6-13-28(33)22-27)29(14-7-21-32)25-8-3-2-4-9-25/h2-6,8-9,11-13,15-16,22,24,32-33H,7,10,14,17-21H2,1H3/b30-29+. The van der Waals surface area contributed by atoms with Crippen molar-refractivity contribution in [2.45, 2.75) is 32.1 Å². The Kier molecular flexibility index (Phi) is 7.98. The number of allylic oxidation sites excluding steroid dienone is 8. The summed E-state index contributed by atoms with van der Waals surface area (Å²) in [5.74, 6) is 0.915. The lowest BCUT2D eigenvalue weighted by molar-refractivity contribution is 0.237. The van der Waals surface area contributed by atoms with Crippen molar-refractivity contribution in [3.05, 3.63) is 101 Å². The van der Waals surface area contributed by atoms with E-state index in [0.717, 1.165) is 48.2 Å². The van der Waals surface area contributed by atoms with Crippen molar-refractivity contribution in [2.24, 2.45) is 5.92 Å². The van der Waals surface area contributed by atoms with E-state index in [0.29, 0.717) is 12.3 Å².